The smallest absolute Gasteiger partial charge is 0.307 e. The molecular formula is C14H21NO2. The second kappa shape index (κ2) is 5.82. The molecule has 0 aromatic heterocycles. The number of nitrogens with zero attached hydrogens (tertiary/aromatic N) is 1. The van der Waals surface area contributed by atoms with E-state index in [0.717, 1.165) is 6.54 Å². The topological polar surface area (TPSA) is 40.5 Å². The largest absolute Gasteiger partial charge is 0.481 e. The van der Waals surface area contributed by atoms with Crippen LogP contribution in [-0.2, 0) is 11.3 Å². The third-order valence-electron chi connectivity index (χ3n) is 3.16. The minimum Gasteiger partial charge on any atom is -0.481 e. The maximum absolute atomic E-state index is 10.8. The Labute approximate surface area is 103 Å². The van der Waals surface area contributed by atoms with Crippen LogP contribution in [0, 0.1) is 19.8 Å². The molecule has 0 saturated carbocycles. The first-order chi connectivity index (χ1) is 7.91. The first-order valence-electron chi connectivity index (χ1n) is 5.88. The number of aliphatic carboxylic acids is 1. The van der Waals surface area contributed by atoms with E-state index in [1.165, 1.54) is 16.7 Å². The van der Waals surface area contributed by atoms with Crippen molar-refractivity contribution in [3.8, 4) is 0 Å². The number of hydrogen-bond acceptors (Lipinski definition) is 2. The monoisotopic (exact) mass is 235 g/mol. The lowest BCUT2D eigenvalue weighted by Crippen LogP contribution is -2.28. The molecule has 94 valence electrons. The quantitative estimate of drug-likeness (QED) is 0.852. The van der Waals surface area contributed by atoms with Gasteiger partial charge in [-0.15, -0.1) is 0 Å². The Hall–Kier alpha value is -1.35. The molecule has 1 N–H and O–H groups in total. The molecule has 0 saturated heterocycles. The molecule has 1 aromatic rings. The van der Waals surface area contributed by atoms with Gasteiger partial charge in [-0.05, 0) is 37.6 Å². The van der Waals surface area contributed by atoms with Gasteiger partial charge >= 0.3 is 5.97 Å². The van der Waals surface area contributed by atoms with Gasteiger partial charge < -0.3 is 10.0 Å². The Balaban J connectivity index is 2.65. The summed E-state index contributed by atoms with van der Waals surface area (Å²) >= 11 is 0. The fourth-order valence-electron chi connectivity index (χ4n) is 1.88. The number of benzene rings is 1. The maximum Gasteiger partial charge on any atom is 0.307 e. The Morgan fingerprint density at radius 3 is 2.65 bits per heavy atom. The minimum atomic E-state index is -0.738. The Bertz CT molecular complexity index is 401. The van der Waals surface area contributed by atoms with Gasteiger partial charge in [0.15, 0.2) is 0 Å². The summed E-state index contributed by atoms with van der Waals surface area (Å²) < 4.78 is 0. The van der Waals surface area contributed by atoms with Gasteiger partial charge in [-0.1, -0.05) is 25.1 Å². The fourth-order valence-corrected chi connectivity index (χ4v) is 1.88. The van der Waals surface area contributed by atoms with Crippen molar-refractivity contribution < 1.29 is 9.90 Å². The Kier molecular flexibility index (Phi) is 4.70. The molecule has 17 heavy (non-hydrogen) atoms. The van der Waals surface area contributed by atoms with Gasteiger partial charge in [-0.2, -0.15) is 0 Å². The lowest BCUT2D eigenvalue weighted by molar-refractivity contribution is -0.141. The average Bonchev–Trinajstić information content (AvgIpc) is 2.24. The van der Waals surface area contributed by atoms with Gasteiger partial charge in [-0.25, -0.2) is 0 Å². The molecule has 1 rings (SSSR count). The van der Waals surface area contributed by atoms with Crippen molar-refractivity contribution >= 4 is 5.97 Å². The second-order valence-corrected chi connectivity index (χ2v) is 4.80. The van der Waals surface area contributed by atoms with Crippen molar-refractivity contribution in [2.24, 2.45) is 5.92 Å². The van der Waals surface area contributed by atoms with E-state index >= 15 is 0 Å². The molecule has 0 aliphatic rings. The average molecular weight is 235 g/mol. The van der Waals surface area contributed by atoms with Crippen LogP contribution in [0.15, 0.2) is 18.2 Å². The number of rotatable bonds is 5. The van der Waals surface area contributed by atoms with Gasteiger partial charge in [0.05, 0.1) is 5.92 Å². The van der Waals surface area contributed by atoms with Crippen LogP contribution >= 0.6 is 0 Å². The predicted molar refractivity (Wildman–Crippen MR) is 69.0 cm³/mol. The molecule has 0 amide bonds. The minimum absolute atomic E-state index is 0.329. The summed E-state index contributed by atoms with van der Waals surface area (Å²) in [6.45, 7) is 7.31. The van der Waals surface area contributed by atoms with E-state index in [9.17, 15) is 4.79 Å². The zero-order chi connectivity index (χ0) is 13.0. The Morgan fingerprint density at radius 1 is 1.41 bits per heavy atom. The predicted octanol–water partition coefficient (Wildman–Crippen LogP) is 2.46. The van der Waals surface area contributed by atoms with Crippen LogP contribution in [0.4, 0.5) is 0 Å². The van der Waals surface area contributed by atoms with E-state index < -0.39 is 5.97 Å². The molecule has 1 unspecified atom stereocenters. The van der Waals surface area contributed by atoms with Crippen LogP contribution in [0.5, 0.6) is 0 Å². The highest BCUT2D eigenvalue weighted by Gasteiger charge is 2.14. The number of carboxylic acid groups (broad SMARTS) is 1. The van der Waals surface area contributed by atoms with Crippen molar-refractivity contribution in [3.63, 3.8) is 0 Å². The van der Waals surface area contributed by atoms with Crippen molar-refractivity contribution in [1.82, 2.24) is 4.90 Å². The molecule has 0 heterocycles. The lowest BCUT2D eigenvalue weighted by atomic mass is 10.0. The summed E-state index contributed by atoms with van der Waals surface area (Å²) in [5, 5.41) is 8.87. The van der Waals surface area contributed by atoms with Gasteiger partial charge in [0.1, 0.15) is 0 Å². The van der Waals surface area contributed by atoms with Crippen LogP contribution in [0.25, 0.3) is 0 Å². The van der Waals surface area contributed by atoms with Gasteiger partial charge in [0, 0.05) is 13.1 Å². The highest BCUT2D eigenvalue weighted by molar-refractivity contribution is 5.69. The molecular weight excluding hydrogens is 214 g/mol. The zero-order valence-electron chi connectivity index (χ0n) is 11.0. The first-order valence-corrected chi connectivity index (χ1v) is 5.88. The second-order valence-electron chi connectivity index (χ2n) is 4.80. The first kappa shape index (κ1) is 13.7. The molecule has 0 radical (unpaired) electrons. The van der Waals surface area contributed by atoms with Gasteiger partial charge in [0.25, 0.3) is 0 Å². The van der Waals surface area contributed by atoms with Gasteiger partial charge in [0.2, 0.25) is 0 Å². The summed E-state index contributed by atoms with van der Waals surface area (Å²) in [6, 6.07) is 6.25. The van der Waals surface area contributed by atoms with Crippen molar-refractivity contribution in [2.45, 2.75) is 27.3 Å². The van der Waals surface area contributed by atoms with Crippen LogP contribution < -0.4 is 0 Å². The summed E-state index contributed by atoms with van der Waals surface area (Å²) in [7, 11) is 1.96. The molecule has 1 aromatic carbocycles. The molecule has 0 spiro atoms. The fraction of sp³-hybridized carbons (Fsp3) is 0.500. The van der Waals surface area contributed by atoms with Crippen LogP contribution in [-0.4, -0.2) is 29.6 Å². The number of aryl methyl sites for hydroxylation is 1. The zero-order valence-corrected chi connectivity index (χ0v) is 11.0. The van der Waals surface area contributed by atoms with Crippen LogP contribution in [0.3, 0.4) is 0 Å². The molecule has 1 atom stereocenters. The molecule has 0 bridgehead atoms. The van der Waals surface area contributed by atoms with Gasteiger partial charge in [-0.3, -0.25) is 4.79 Å². The molecule has 0 fully saturated rings. The SMILES string of the molecule is Cc1cccc(CN(C)CC(C)C(=O)O)c1C. The highest BCUT2D eigenvalue weighted by atomic mass is 16.4. The standard InChI is InChI=1S/C14H21NO2/c1-10-6-5-7-13(12(10)3)9-15(4)8-11(2)14(16)17/h5-7,11H,8-9H2,1-4H3,(H,16,17). The molecule has 3 nitrogen and oxygen atoms in total. The van der Waals surface area contributed by atoms with Crippen molar-refractivity contribution in [2.75, 3.05) is 13.6 Å². The molecule has 0 aliphatic heterocycles. The van der Waals surface area contributed by atoms with E-state index in [1.807, 2.05) is 13.1 Å². The van der Waals surface area contributed by atoms with E-state index in [4.69, 9.17) is 5.11 Å². The third kappa shape index (κ3) is 3.86. The Morgan fingerprint density at radius 2 is 2.06 bits per heavy atom. The van der Waals surface area contributed by atoms with Crippen molar-refractivity contribution in [1.29, 1.82) is 0 Å². The van der Waals surface area contributed by atoms with Crippen LogP contribution in [0.2, 0.25) is 0 Å². The van der Waals surface area contributed by atoms with E-state index in [1.54, 1.807) is 6.92 Å². The van der Waals surface area contributed by atoms with E-state index in [0.29, 0.717) is 6.54 Å². The van der Waals surface area contributed by atoms with Crippen molar-refractivity contribution in [3.05, 3.63) is 34.9 Å². The number of carboxylic acids is 1. The normalized spacial score (nSPS) is 12.8. The van der Waals surface area contributed by atoms with Crippen LogP contribution in [0.1, 0.15) is 23.6 Å². The third-order valence-corrected chi connectivity index (χ3v) is 3.16. The summed E-state index contributed by atoms with van der Waals surface area (Å²) in [5.41, 5.74) is 3.84. The number of hydrogen-bond donors (Lipinski definition) is 1. The maximum atomic E-state index is 10.8. The molecule has 3 heteroatoms. The highest BCUT2D eigenvalue weighted by Crippen LogP contribution is 2.14. The van der Waals surface area contributed by atoms with E-state index in [2.05, 4.69) is 30.9 Å². The van der Waals surface area contributed by atoms with E-state index in [-0.39, 0.29) is 5.92 Å². The molecule has 0 aliphatic carbocycles. The lowest BCUT2D eigenvalue weighted by Gasteiger charge is -2.20. The summed E-state index contributed by atoms with van der Waals surface area (Å²) in [4.78, 5) is 12.8. The number of carbonyl (C=O) groups is 1. The summed E-state index contributed by atoms with van der Waals surface area (Å²) in [5.74, 6) is -1.07. The summed E-state index contributed by atoms with van der Waals surface area (Å²) in [6.07, 6.45) is 0.